The number of hydrogen-bond acceptors (Lipinski definition) is 5. The van der Waals surface area contributed by atoms with Crippen molar-refractivity contribution in [2.75, 3.05) is 25.5 Å². The number of nitrogens with zero attached hydrogens (tertiary/aromatic N) is 2. The Morgan fingerprint density at radius 2 is 2.04 bits per heavy atom. The number of anilines is 1. The van der Waals surface area contributed by atoms with Crippen molar-refractivity contribution in [3.63, 3.8) is 0 Å². The highest BCUT2D eigenvalue weighted by atomic mass is 16.6. The Balaban J connectivity index is 1.47. The molecule has 27 heavy (non-hydrogen) atoms. The molecule has 1 aromatic heterocycles. The molecule has 0 radical (unpaired) electrons. The van der Waals surface area contributed by atoms with Gasteiger partial charge in [-0.05, 0) is 56.1 Å². The average Bonchev–Trinajstić information content (AvgIpc) is 2.71. The van der Waals surface area contributed by atoms with Crippen LogP contribution in [0.1, 0.15) is 18.4 Å². The minimum Gasteiger partial charge on any atom is -0.495 e. The number of amides is 1. The van der Waals surface area contributed by atoms with E-state index in [-0.39, 0.29) is 12.1 Å². The molecule has 0 spiro atoms. The number of nitrogens with one attached hydrogen (secondary N) is 1. The molecule has 3 saturated heterocycles. The van der Waals surface area contributed by atoms with E-state index in [0.29, 0.717) is 17.4 Å². The van der Waals surface area contributed by atoms with Gasteiger partial charge in [0.1, 0.15) is 11.9 Å². The molecule has 0 aliphatic carbocycles. The van der Waals surface area contributed by atoms with Gasteiger partial charge < -0.3 is 9.47 Å². The molecule has 0 unspecified atom stereocenters. The molecule has 0 saturated carbocycles. The highest BCUT2D eigenvalue weighted by Crippen LogP contribution is 2.36. The van der Waals surface area contributed by atoms with E-state index in [9.17, 15) is 4.79 Å². The summed E-state index contributed by atoms with van der Waals surface area (Å²) >= 11 is 0. The summed E-state index contributed by atoms with van der Waals surface area (Å²) in [5.41, 5.74) is 1.80. The highest BCUT2D eigenvalue weighted by Gasteiger charge is 2.44. The van der Waals surface area contributed by atoms with Crippen molar-refractivity contribution in [1.82, 2.24) is 9.88 Å². The van der Waals surface area contributed by atoms with E-state index < -0.39 is 6.09 Å². The number of carbonyl (C=O) groups excluding carboxylic acids is 1. The van der Waals surface area contributed by atoms with Gasteiger partial charge in [0.25, 0.3) is 0 Å². The quantitative estimate of drug-likeness (QED) is 0.878. The summed E-state index contributed by atoms with van der Waals surface area (Å²) in [5.74, 6) is 1.04. The minimum atomic E-state index is -0.422. The fourth-order valence-electron chi connectivity index (χ4n) is 4.29. The molecule has 3 aliphatic rings. The van der Waals surface area contributed by atoms with E-state index in [1.807, 2.05) is 36.5 Å². The van der Waals surface area contributed by atoms with Crippen LogP contribution in [0.5, 0.6) is 5.75 Å². The SMILES string of the molecule is COc1ccccc1NC(=O)O[C@@H]1C2CCN(CC2)[C@@H]1Cc1cccnc1. The van der Waals surface area contributed by atoms with Crippen LogP contribution in [0.2, 0.25) is 0 Å². The lowest BCUT2D eigenvalue weighted by atomic mass is 9.78. The first-order valence-electron chi connectivity index (χ1n) is 9.48. The van der Waals surface area contributed by atoms with Crippen LogP contribution in [0.25, 0.3) is 0 Å². The van der Waals surface area contributed by atoms with Gasteiger partial charge in [-0.15, -0.1) is 0 Å². The van der Waals surface area contributed by atoms with Gasteiger partial charge in [0.2, 0.25) is 0 Å². The summed E-state index contributed by atoms with van der Waals surface area (Å²) in [6, 6.07) is 11.6. The fourth-order valence-corrected chi connectivity index (χ4v) is 4.29. The molecule has 2 atom stereocenters. The maximum atomic E-state index is 12.6. The summed E-state index contributed by atoms with van der Waals surface area (Å²) < 4.78 is 11.2. The molecule has 1 aromatic carbocycles. The van der Waals surface area contributed by atoms with Crippen molar-refractivity contribution >= 4 is 11.8 Å². The van der Waals surface area contributed by atoms with Gasteiger partial charge in [-0.2, -0.15) is 0 Å². The van der Waals surface area contributed by atoms with Crippen molar-refractivity contribution in [2.45, 2.75) is 31.4 Å². The minimum absolute atomic E-state index is 0.109. The molecule has 142 valence electrons. The van der Waals surface area contributed by atoms with E-state index in [0.717, 1.165) is 32.4 Å². The van der Waals surface area contributed by atoms with Crippen LogP contribution in [-0.2, 0) is 11.2 Å². The Kier molecular flexibility index (Phi) is 5.25. The standard InChI is InChI=1S/C21H25N3O3/c1-26-19-7-3-2-6-17(19)23-21(25)27-20-16-8-11-24(12-9-16)18(20)13-15-5-4-10-22-14-15/h2-7,10,14,16,18,20H,8-9,11-13H2,1H3,(H,23,25)/t18-,20-/m1/s1. The number of ether oxygens (including phenoxy) is 2. The van der Waals surface area contributed by atoms with Crippen molar-refractivity contribution in [1.29, 1.82) is 0 Å². The molecule has 4 heterocycles. The third kappa shape index (κ3) is 3.90. The summed E-state index contributed by atoms with van der Waals surface area (Å²) in [4.78, 5) is 19.3. The fraction of sp³-hybridized carbons (Fsp3) is 0.429. The van der Waals surface area contributed by atoms with Gasteiger partial charge in [-0.1, -0.05) is 18.2 Å². The normalized spacial score (nSPS) is 26.4. The number of benzene rings is 1. The molecule has 1 amide bonds. The van der Waals surface area contributed by atoms with Crippen LogP contribution < -0.4 is 10.1 Å². The third-order valence-corrected chi connectivity index (χ3v) is 5.64. The molecule has 2 aromatic rings. The maximum Gasteiger partial charge on any atom is 0.412 e. The Morgan fingerprint density at radius 1 is 1.22 bits per heavy atom. The molecule has 2 bridgehead atoms. The molecule has 6 nitrogen and oxygen atoms in total. The summed E-state index contributed by atoms with van der Waals surface area (Å²) in [6.07, 6.45) is 6.15. The number of carbonyl (C=O) groups is 1. The lowest BCUT2D eigenvalue weighted by Gasteiger charge is -2.50. The number of aromatic nitrogens is 1. The van der Waals surface area contributed by atoms with Gasteiger partial charge in [-0.3, -0.25) is 15.2 Å². The Bertz CT molecular complexity index is 775. The number of rotatable bonds is 5. The van der Waals surface area contributed by atoms with Crippen molar-refractivity contribution in [2.24, 2.45) is 5.92 Å². The van der Waals surface area contributed by atoms with Crippen LogP contribution in [0.15, 0.2) is 48.8 Å². The second kappa shape index (κ2) is 7.96. The zero-order valence-electron chi connectivity index (χ0n) is 15.5. The van der Waals surface area contributed by atoms with E-state index in [4.69, 9.17) is 9.47 Å². The number of piperidine rings is 3. The number of pyridine rings is 1. The lowest BCUT2D eigenvalue weighted by molar-refractivity contribution is -0.0741. The van der Waals surface area contributed by atoms with Crippen LogP contribution in [-0.4, -0.2) is 48.3 Å². The number of para-hydroxylation sites is 2. The predicted octanol–water partition coefficient (Wildman–Crippen LogP) is 3.34. The average molecular weight is 367 g/mol. The van der Waals surface area contributed by atoms with Gasteiger partial charge in [-0.25, -0.2) is 4.79 Å². The van der Waals surface area contributed by atoms with Crippen molar-refractivity contribution in [3.8, 4) is 5.75 Å². The molecule has 1 N–H and O–H groups in total. The monoisotopic (exact) mass is 367 g/mol. The van der Waals surface area contributed by atoms with Crippen LogP contribution in [0.3, 0.4) is 0 Å². The summed E-state index contributed by atoms with van der Waals surface area (Å²) in [7, 11) is 1.59. The second-order valence-corrected chi connectivity index (χ2v) is 7.20. The first-order valence-corrected chi connectivity index (χ1v) is 9.48. The molecule has 6 heteroatoms. The molecular formula is C21H25N3O3. The summed E-state index contributed by atoms with van der Waals surface area (Å²) in [6.45, 7) is 2.15. The third-order valence-electron chi connectivity index (χ3n) is 5.64. The Labute approximate surface area is 159 Å². The van der Waals surface area contributed by atoms with Crippen LogP contribution in [0.4, 0.5) is 10.5 Å². The maximum absolute atomic E-state index is 12.6. The van der Waals surface area contributed by atoms with Gasteiger partial charge in [0, 0.05) is 18.3 Å². The van der Waals surface area contributed by atoms with E-state index >= 15 is 0 Å². The topological polar surface area (TPSA) is 63.7 Å². The molecular weight excluding hydrogens is 342 g/mol. The number of methoxy groups -OCH3 is 1. The zero-order chi connectivity index (χ0) is 18.6. The summed E-state index contributed by atoms with van der Waals surface area (Å²) in [5, 5.41) is 2.84. The van der Waals surface area contributed by atoms with Crippen molar-refractivity contribution in [3.05, 3.63) is 54.4 Å². The van der Waals surface area contributed by atoms with Crippen LogP contribution in [0, 0.1) is 5.92 Å². The molecule has 3 fully saturated rings. The van der Waals surface area contributed by atoms with E-state index in [1.165, 1.54) is 5.56 Å². The zero-order valence-corrected chi connectivity index (χ0v) is 15.5. The molecule has 3 aliphatic heterocycles. The molecule has 5 rings (SSSR count). The van der Waals surface area contributed by atoms with E-state index in [1.54, 1.807) is 13.3 Å². The van der Waals surface area contributed by atoms with E-state index in [2.05, 4.69) is 21.3 Å². The van der Waals surface area contributed by atoms with Gasteiger partial charge in [0.05, 0.1) is 18.8 Å². The number of fused-ring (bicyclic) bond motifs is 3. The Morgan fingerprint density at radius 3 is 2.78 bits per heavy atom. The number of hydrogen-bond donors (Lipinski definition) is 1. The first-order chi connectivity index (χ1) is 13.2. The predicted molar refractivity (Wildman–Crippen MR) is 103 cm³/mol. The van der Waals surface area contributed by atoms with Crippen LogP contribution >= 0.6 is 0 Å². The van der Waals surface area contributed by atoms with Gasteiger partial charge in [0.15, 0.2) is 0 Å². The Hall–Kier alpha value is -2.60. The van der Waals surface area contributed by atoms with Crippen molar-refractivity contribution < 1.29 is 14.3 Å². The lowest BCUT2D eigenvalue weighted by Crippen LogP contribution is -2.60. The first kappa shape index (κ1) is 17.8. The second-order valence-electron chi connectivity index (χ2n) is 7.20. The highest BCUT2D eigenvalue weighted by molar-refractivity contribution is 5.86. The smallest absolute Gasteiger partial charge is 0.412 e. The largest absolute Gasteiger partial charge is 0.495 e. The van der Waals surface area contributed by atoms with Gasteiger partial charge >= 0.3 is 6.09 Å².